The van der Waals surface area contributed by atoms with Crippen molar-refractivity contribution in [2.24, 2.45) is 0 Å². The maximum Gasteiger partial charge on any atom is 0.0713 e. The second kappa shape index (κ2) is 5.29. The van der Waals surface area contributed by atoms with Crippen molar-refractivity contribution >= 4 is 0 Å². The molecule has 1 aromatic carbocycles. The average Bonchev–Trinajstić information content (AvgIpc) is 2.74. The van der Waals surface area contributed by atoms with E-state index >= 15 is 0 Å². The van der Waals surface area contributed by atoms with Crippen molar-refractivity contribution in [3.8, 4) is 0 Å². The van der Waals surface area contributed by atoms with Crippen LogP contribution in [0.15, 0.2) is 24.3 Å². The summed E-state index contributed by atoms with van der Waals surface area (Å²) in [6.07, 6.45) is 2.73. The lowest BCUT2D eigenvalue weighted by Crippen LogP contribution is -2.18. The number of nitrogens with zero attached hydrogens (tertiary/aromatic N) is 1. The van der Waals surface area contributed by atoms with Crippen LogP contribution in [0, 0.1) is 0 Å². The van der Waals surface area contributed by atoms with E-state index in [9.17, 15) is 0 Å². The minimum Gasteiger partial charge on any atom is -0.380 e. The van der Waals surface area contributed by atoms with Crippen molar-refractivity contribution in [1.82, 2.24) is 4.90 Å². The standard InChI is InChI=1S/C13H19NO/c1-15-11-13-6-4-12(5-7-13)10-14-8-2-3-9-14/h4-7H,2-3,8-11H2,1H3. The van der Waals surface area contributed by atoms with Gasteiger partial charge in [-0.05, 0) is 37.1 Å². The number of hydrogen-bond acceptors (Lipinski definition) is 2. The Kier molecular flexibility index (Phi) is 3.75. The van der Waals surface area contributed by atoms with Gasteiger partial charge in [0.15, 0.2) is 0 Å². The summed E-state index contributed by atoms with van der Waals surface area (Å²) in [5.74, 6) is 0. The van der Waals surface area contributed by atoms with Gasteiger partial charge in [0.25, 0.3) is 0 Å². The van der Waals surface area contributed by atoms with E-state index in [0.717, 1.165) is 6.54 Å². The number of rotatable bonds is 4. The van der Waals surface area contributed by atoms with Crippen molar-refractivity contribution in [3.05, 3.63) is 35.4 Å². The molecule has 0 atom stereocenters. The maximum atomic E-state index is 5.09. The first-order valence-corrected chi connectivity index (χ1v) is 5.67. The Bertz CT molecular complexity index is 288. The van der Waals surface area contributed by atoms with Crippen LogP contribution in [0.2, 0.25) is 0 Å². The van der Waals surface area contributed by atoms with Crippen LogP contribution in [-0.2, 0) is 17.9 Å². The monoisotopic (exact) mass is 205 g/mol. The summed E-state index contributed by atoms with van der Waals surface area (Å²) in [5.41, 5.74) is 2.67. The van der Waals surface area contributed by atoms with Gasteiger partial charge in [-0.1, -0.05) is 24.3 Å². The minimum absolute atomic E-state index is 0.712. The molecule has 0 aromatic heterocycles. The Balaban J connectivity index is 1.91. The van der Waals surface area contributed by atoms with Gasteiger partial charge < -0.3 is 4.74 Å². The molecular weight excluding hydrogens is 186 g/mol. The molecule has 0 amide bonds. The van der Waals surface area contributed by atoms with E-state index in [0.29, 0.717) is 6.61 Å². The third-order valence-corrected chi connectivity index (χ3v) is 2.94. The van der Waals surface area contributed by atoms with Crippen molar-refractivity contribution in [2.45, 2.75) is 26.0 Å². The van der Waals surface area contributed by atoms with Crippen LogP contribution in [0.1, 0.15) is 24.0 Å². The maximum absolute atomic E-state index is 5.09. The molecule has 0 N–H and O–H groups in total. The van der Waals surface area contributed by atoms with Crippen LogP contribution in [0.5, 0.6) is 0 Å². The third kappa shape index (κ3) is 3.05. The molecule has 0 spiro atoms. The Morgan fingerprint density at radius 1 is 1.07 bits per heavy atom. The summed E-state index contributed by atoms with van der Waals surface area (Å²) in [5, 5.41) is 0. The highest BCUT2D eigenvalue weighted by molar-refractivity contribution is 5.22. The topological polar surface area (TPSA) is 12.5 Å². The molecule has 1 aliphatic rings. The average molecular weight is 205 g/mol. The third-order valence-electron chi connectivity index (χ3n) is 2.94. The van der Waals surface area contributed by atoms with Crippen LogP contribution in [0.3, 0.4) is 0 Å². The lowest BCUT2D eigenvalue weighted by atomic mass is 10.1. The van der Waals surface area contributed by atoms with E-state index in [1.807, 2.05) is 0 Å². The zero-order chi connectivity index (χ0) is 10.5. The summed E-state index contributed by atoms with van der Waals surface area (Å²) >= 11 is 0. The zero-order valence-electron chi connectivity index (χ0n) is 9.41. The first kappa shape index (κ1) is 10.7. The number of likely N-dealkylation sites (tertiary alicyclic amines) is 1. The summed E-state index contributed by atoms with van der Waals surface area (Å²) in [6, 6.07) is 8.75. The lowest BCUT2D eigenvalue weighted by molar-refractivity contribution is 0.185. The number of benzene rings is 1. The second-order valence-corrected chi connectivity index (χ2v) is 4.23. The molecular formula is C13H19NO. The molecule has 0 saturated carbocycles. The number of methoxy groups -OCH3 is 1. The van der Waals surface area contributed by atoms with Gasteiger partial charge in [-0.3, -0.25) is 4.90 Å². The number of hydrogen-bond donors (Lipinski definition) is 0. The highest BCUT2D eigenvalue weighted by atomic mass is 16.5. The normalized spacial score (nSPS) is 17.1. The van der Waals surface area contributed by atoms with Crippen LogP contribution in [0.25, 0.3) is 0 Å². The molecule has 1 heterocycles. The molecule has 0 radical (unpaired) electrons. The minimum atomic E-state index is 0.712. The van der Waals surface area contributed by atoms with Gasteiger partial charge >= 0.3 is 0 Å². The van der Waals surface area contributed by atoms with Gasteiger partial charge in [-0.2, -0.15) is 0 Å². The molecule has 2 heteroatoms. The van der Waals surface area contributed by atoms with Gasteiger partial charge in [0.2, 0.25) is 0 Å². The van der Waals surface area contributed by atoms with Crippen molar-refractivity contribution < 1.29 is 4.74 Å². The van der Waals surface area contributed by atoms with Crippen LogP contribution < -0.4 is 0 Å². The van der Waals surface area contributed by atoms with E-state index in [-0.39, 0.29) is 0 Å². The molecule has 15 heavy (non-hydrogen) atoms. The van der Waals surface area contributed by atoms with Gasteiger partial charge in [0.1, 0.15) is 0 Å². The fraction of sp³-hybridized carbons (Fsp3) is 0.538. The molecule has 1 aromatic rings. The van der Waals surface area contributed by atoms with E-state index < -0.39 is 0 Å². The van der Waals surface area contributed by atoms with Crippen molar-refractivity contribution in [2.75, 3.05) is 20.2 Å². The van der Waals surface area contributed by atoms with Crippen molar-refractivity contribution in [3.63, 3.8) is 0 Å². The van der Waals surface area contributed by atoms with E-state index in [4.69, 9.17) is 4.74 Å². The van der Waals surface area contributed by atoms with E-state index in [1.165, 1.54) is 37.1 Å². The molecule has 0 unspecified atom stereocenters. The highest BCUT2D eigenvalue weighted by Gasteiger charge is 2.11. The predicted octanol–water partition coefficient (Wildman–Crippen LogP) is 2.43. The Morgan fingerprint density at radius 2 is 1.67 bits per heavy atom. The van der Waals surface area contributed by atoms with Crippen LogP contribution >= 0.6 is 0 Å². The summed E-state index contributed by atoms with van der Waals surface area (Å²) in [6.45, 7) is 4.34. The predicted molar refractivity (Wildman–Crippen MR) is 61.7 cm³/mol. The largest absolute Gasteiger partial charge is 0.380 e. The highest BCUT2D eigenvalue weighted by Crippen LogP contribution is 2.13. The number of ether oxygens (including phenoxy) is 1. The smallest absolute Gasteiger partial charge is 0.0713 e. The van der Waals surface area contributed by atoms with E-state index in [1.54, 1.807) is 7.11 Å². The van der Waals surface area contributed by atoms with Crippen LogP contribution in [-0.4, -0.2) is 25.1 Å². The Morgan fingerprint density at radius 3 is 2.27 bits per heavy atom. The Labute approximate surface area is 91.9 Å². The SMILES string of the molecule is COCc1ccc(CN2CCCC2)cc1. The first-order valence-electron chi connectivity index (χ1n) is 5.67. The fourth-order valence-electron chi connectivity index (χ4n) is 2.11. The van der Waals surface area contributed by atoms with Gasteiger partial charge in [-0.15, -0.1) is 0 Å². The molecule has 1 saturated heterocycles. The summed E-state index contributed by atoms with van der Waals surface area (Å²) in [7, 11) is 1.73. The Hall–Kier alpha value is -0.860. The molecule has 0 aliphatic carbocycles. The van der Waals surface area contributed by atoms with Gasteiger partial charge in [-0.25, -0.2) is 0 Å². The van der Waals surface area contributed by atoms with Crippen LogP contribution in [0.4, 0.5) is 0 Å². The van der Waals surface area contributed by atoms with E-state index in [2.05, 4.69) is 29.2 Å². The summed E-state index contributed by atoms with van der Waals surface area (Å²) < 4.78 is 5.09. The molecule has 1 fully saturated rings. The molecule has 2 rings (SSSR count). The van der Waals surface area contributed by atoms with Gasteiger partial charge in [0, 0.05) is 13.7 Å². The molecule has 2 nitrogen and oxygen atoms in total. The molecule has 82 valence electrons. The lowest BCUT2D eigenvalue weighted by Gasteiger charge is -2.14. The summed E-state index contributed by atoms with van der Waals surface area (Å²) in [4.78, 5) is 2.52. The quantitative estimate of drug-likeness (QED) is 0.748. The molecule has 1 aliphatic heterocycles. The fourth-order valence-corrected chi connectivity index (χ4v) is 2.11. The second-order valence-electron chi connectivity index (χ2n) is 4.23. The molecule has 0 bridgehead atoms. The van der Waals surface area contributed by atoms with Crippen molar-refractivity contribution in [1.29, 1.82) is 0 Å². The van der Waals surface area contributed by atoms with Gasteiger partial charge in [0.05, 0.1) is 6.61 Å². The zero-order valence-corrected chi connectivity index (χ0v) is 9.41. The first-order chi connectivity index (χ1) is 7.38.